The first-order valence-corrected chi connectivity index (χ1v) is 10.8. The van der Waals surface area contributed by atoms with Gasteiger partial charge in [-0.1, -0.05) is 19.3 Å². The van der Waals surface area contributed by atoms with E-state index < -0.39 is 11.2 Å². The van der Waals surface area contributed by atoms with E-state index in [0.29, 0.717) is 35.9 Å². The molecule has 4 rings (SSSR count). The van der Waals surface area contributed by atoms with Crippen molar-refractivity contribution in [1.29, 1.82) is 0 Å². The van der Waals surface area contributed by atoms with Crippen LogP contribution >= 0.6 is 0 Å². The molecule has 0 radical (unpaired) electrons. The van der Waals surface area contributed by atoms with Gasteiger partial charge in [0.25, 0.3) is 0 Å². The maximum atomic E-state index is 11.5. The van der Waals surface area contributed by atoms with Gasteiger partial charge in [-0.3, -0.25) is 4.98 Å². The number of H-pyrrole nitrogens is 1. The lowest BCUT2D eigenvalue weighted by Crippen LogP contribution is -2.16. The van der Waals surface area contributed by atoms with Crippen molar-refractivity contribution < 1.29 is 9.29 Å². The number of hydrogen-bond donors (Lipinski definition) is 2. The lowest BCUT2D eigenvalue weighted by atomic mass is 9.90. The SMILES string of the molecule is C[S+]([O-])c1ccc(Nc2nc3ncnc-3c(OCC3CCCCC3)[nH]2)cc1. The number of ether oxygens (including phenoxy) is 1. The summed E-state index contributed by atoms with van der Waals surface area (Å²) in [6, 6.07) is 7.41. The van der Waals surface area contributed by atoms with Gasteiger partial charge in [0.15, 0.2) is 16.4 Å². The minimum absolute atomic E-state index is 0.534. The summed E-state index contributed by atoms with van der Waals surface area (Å²) in [7, 11) is 0. The maximum Gasteiger partial charge on any atom is 0.224 e. The van der Waals surface area contributed by atoms with Gasteiger partial charge < -0.3 is 14.6 Å². The van der Waals surface area contributed by atoms with Gasteiger partial charge in [-0.15, -0.1) is 0 Å². The normalized spacial score (nSPS) is 16.4. The summed E-state index contributed by atoms with van der Waals surface area (Å²) in [4.78, 5) is 16.9. The Kier molecular flexibility index (Phi) is 5.45. The van der Waals surface area contributed by atoms with Crippen LogP contribution in [0.4, 0.5) is 11.6 Å². The van der Waals surface area contributed by atoms with Crippen LogP contribution in [0.5, 0.6) is 5.88 Å². The van der Waals surface area contributed by atoms with Crippen LogP contribution in [0.1, 0.15) is 32.1 Å². The molecule has 1 saturated carbocycles. The molecule has 8 heteroatoms. The van der Waals surface area contributed by atoms with E-state index in [1.54, 1.807) is 6.26 Å². The molecule has 7 nitrogen and oxygen atoms in total. The van der Waals surface area contributed by atoms with Crippen molar-refractivity contribution in [3.63, 3.8) is 0 Å². The number of benzene rings is 1. The second-order valence-corrected chi connectivity index (χ2v) is 8.26. The molecule has 1 fully saturated rings. The van der Waals surface area contributed by atoms with Crippen LogP contribution in [0, 0.1) is 5.92 Å². The van der Waals surface area contributed by atoms with E-state index in [0.717, 1.165) is 10.6 Å². The van der Waals surface area contributed by atoms with E-state index in [4.69, 9.17) is 4.74 Å². The summed E-state index contributed by atoms with van der Waals surface area (Å²) in [5.74, 6) is 2.27. The zero-order valence-corrected chi connectivity index (χ0v) is 16.1. The van der Waals surface area contributed by atoms with Gasteiger partial charge in [0.2, 0.25) is 11.8 Å². The first kappa shape index (κ1) is 18.1. The van der Waals surface area contributed by atoms with E-state index in [1.807, 2.05) is 24.3 Å². The summed E-state index contributed by atoms with van der Waals surface area (Å²) < 4.78 is 17.6. The first-order chi connectivity index (χ1) is 13.2. The molecule has 27 heavy (non-hydrogen) atoms. The van der Waals surface area contributed by atoms with Gasteiger partial charge >= 0.3 is 0 Å². The van der Waals surface area contributed by atoms with E-state index in [2.05, 4.69) is 25.3 Å². The molecule has 2 N–H and O–H groups in total. The lowest BCUT2D eigenvalue weighted by molar-refractivity contribution is 0.203. The Hall–Kier alpha value is -2.32. The third-order valence-corrected chi connectivity index (χ3v) is 5.82. The van der Waals surface area contributed by atoms with Crippen LogP contribution in [0.25, 0.3) is 11.5 Å². The predicted octanol–water partition coefficient (Wildman–Crippen LogP) is 3.74. The van der Waals surface area contributed by atoms with Crippen molar-refractivity contribution in [3.05, 3.63) is 30.6 Å². The number of nitrogens with zero attached hydrogens (tertiary/aromatic N) is 3. The average molecular weight is 385 g/mol. The van der Waals surface area contributed by atoms with Gasteiger partial charge in [0, 0.05) is 5.69 Å². The van der Waals surface area contributed by atoms with Crippen LogP contribution in [0.15, 0.2) is 35.5 Å². The van der Waals surface area contributed by atoms with Crippen molar-refractivity contribution in [1.82, 2.24) is 19.9 Å². The molecule has 1 aromatic carbocycles. The molecular formula is C19H23N5O2S. The highest BCUT2D eigenvalue weighted by molar-refractivity contribution is 7.90. The van der Waals surface area contributed by atoms with E-state index in [1.165, 1.54) is 38.4 Å². The Labute approximate surface area is 161 Å². The number of nitrogens with one attached hydrogen (secondary N) is 2. The molecule has 0 saturated heterocycles. The van der Waals surface area contributed by atoms with Crippen LogP contribution in [-0.2, 0) is 11.2 Å². The zero-order valence-electron chi connectivity index (χ0n) is 15.3. The number of anilines is 2. The Morgan fingerprint density at radius 3 is 2.70 bits per heavy atom. The molecule has 2 heterocycles. The molecule has 0 aromatic heterocycles. The molecule has 1 unspecified atom stereocenters. The molecule has 3 aliphatic rings. The quantitative estimate of drug-likeness (QED) is 0.627. The summed E-state index contributed by atoms with van der Waals surface area (Å²) in [6.45, 7) is 0.679. The predicted molar refractivity (Wildman–Crippen MR) is 105 cm³/mol. The summed E-state index contributed by atoms with van der Waals surface area (Å²) in [5.41, 5.74) is 1.48. The molecule has 1 atom stereocenters. The van der Waals surface area contributed by atoms with Crippen molar-refractivity contribution in [2.75, 3.05) is 18.2 Å². The molecule has 1 aromatic rings. The number of imidazole rings is 1. The number of hydrogen-bond acceptors (Lipinski definition) is 6. The Morgan fingerprint density at radius 2 is 1.96 bits per heavy atom. The molecular weight excluding hydrogens is 362 g/mol. The molecule has 142 valence electrons. The first-order valence-electron chi connectivity index (χ1n) is 9.23. The average Bonchev–Trinajstić information content (AvgIpc) is 3.16. The smallest absolute Gasteiger partial charge is 0.224 e. The molecule has 0 bridgehead atoms. The molecule has 1 aliphatic carbocycles. The highest BCUT2D eigenvalue weighted by Gasteiger charge is 2.20. The second-order valence-electron chi connectivity index (χ2n) is 6.88. The van der Waals surface area contributed by atoms with Gasteiger partial charge in [-0.05, 0) is 54.2 Å². The van der Waals surface area contributed by atoms with Gasteiger partial charge in [0.05, 0.1) is 6.61 Å². The standard InChI is InChI=1S/C19H23N5O2S/c1-27(25)15-9-7-14(8-10-15)22-19-23-17-16(20-12-21-17)18(24-19)26-11-13-5-3-2-4-6-13/h7-10,12-13H,2-6,11H2,1H3,(H2,20,21,22,23,24). The number of aromatic nitrogens is 4. The summed E-state index contributed by atoms with van der Waals surface area (Å²) in [6.07, 6.45) is 9.49. The van der Waals surface area contributed by atoms with Crippen LogP contribution in [0.3, 0.4) is 0 Å². The topological polar surface area (TPSA) is 98.8 Å². The molecule has 0 spiro atoms. The lowest BCUT2D eigenvalue weighted by Gasteiger charge is -2.22. The Bertz CT molecular complexity index is 846. The van der Waals surface area contributed by atoms with E-state index in [9.17, 15) is 4.55 Å². The number of fused-ring (bicyclic) bond motifs is 1. The van der Waals surface area contributed by atoms with Crippen molar-refractivity contribution in [2.24, 2.45) is 5.92 Å². The molecule has 0 amide bonds. The fourth-order valence-electron chi connectivity index (χ4n) is 3.39. The highest BCUT2D eigenvalue weighted by Crippen LogP contribution is 2.30. The van der Waals surface area contributed by atoms with Gasteiger partial charge in [-0.25, -0.2) is 9.97 Å². The van der Waals surface area contributed by atoms with Crippen LogP contribution in [0.2, 0.25) is 0 Å². The summed E-state index contributed by atoms with van der Waals surface area (Å²) >= 11 is -0.995. The van der Waals surface area contributed by atoms with Crippen molar-refractivity contribution in [2.45, 2.75) is 37.0 Å². The zero-order chi connectivity index (χ0) is 18.6. The Balaban J connectivity index is 1.51. The van der Waals surface area contributed by atoms with Crippen LogP contribution in [-0.4, -0.2) is 37.4 Å². The number of aromatic amines is 1. The maximum absolute atomic E-state index is 11.5. The van der Waals surface area contributed by atoms with E-state index in [-0.39, 0.29) is 0 Å². The van der Waals surface area contributed by atoms with E-state index >= 15 is 0 Å². The van der Waals surface area contributed by atoms with Gasteiger partial charge in [0.1, 0.15) is 12.6 Å². The van der Waals surface area contributed by atoms with Crippen molar-refractivity contribution in [3.8, 4) is 17.4 Å². The fraction of sp³-hybridized carbons (Fsp3) is 0.421. The van der Waals surface area contributed by atoms with Crippen LogP contribution < -0.4 is 10.1 Å². The number of rotatable bonds is 6. The minimum atomic E-state index is -0.995. The van der Waals surface area contributed by atoms with Gasteiger partial charge in [-0.2, -0.15) is 4.98 Å². The third-order valence-electron chi connectivity index (χ3n) is 4.88. The highest BCUT2D eigenvalue weighted by atomic mass is 32.2. The minimum Gasteiger partial charge on any atom is -0.612 e. The largest absolute Gasteiger partial charge is 0.612 e. The monoisotopic (exact) mass is 385 g/mol. The summed E-state index contributed by atoms with van der Waals surface area (Å²) in [5, 5.41) is 3.22. The molecule has 2 aliphatic heterocycles. The fourth-order valence-corrected chi connectivity index (χ4v) is 3.91. The second kappa shape index (κ2) is 8.14. The Morgan fingerprint density at radius 1 is 1.19 bits per heavy atom. The van der Waals surface area contributed by atoms with Crippen molar-refractivity contribution >= 4 is 22.8 Å². The third kappa shape index (κ3) is 4.33.